The molecule has 0 radical (unpaired) electrons. The summed E-state index contributed by atoms with van der Waals surface area (Å²) in [6.45, 7) is 0. The highest BCUT2D eigenvalue weighted by molar-refractivity contribution is 7.98. The van der Waals surface area contributed by atoms with Gasteiger partial charge in [-0.25, -0.2) is 4.79 Å². The molecule has 3 aromatic rings. The van der Waals surface area contributed by atoms with Gasteiger partial charge in [-0.3, -0.25) is 0 Å². The summed E-state index contributed by atoms with van der Waals surface area (Å²) in [5, 5.41) is 0. The summed E-state index contributed by atoms with van der Waals surface area (Å²) >= 11 is 1.67. The van der Waals surface area contributed by atoms with Gasteiger partial charge in [0.25, 0.3) is 0 Å². The van der Waals surface area contributed by atoms with Crippen LogP contribution in [0.3, 0.4) is 0 Å². The largest absolute Gasteiger partial charge is 0.496 e. The molecule has 4 nitrogen and oxygen atoms in total. The predicted molar refractivity (Wildman–Crippen MR) is 115 cm³/mol. The number of hydrogen-bond donors (Lipinski definition) is 0. The SMILES string of the molecule is COc1ccc(N(C)C)c(CSc2ccccc2)c1C(=O)Oc1ccccc1. The zero-order chi connectivity index (χ0) is 19.9. The molecule has 144 valence electrons. The van der Waals surface area contributed by atoms with E-state index < -0.39 is 5.97 Å². The van der Waals surface area contributed by atoms with Crippen molar-refractivity contribution in [2.24, 2.45) is 0 Å². The van der Waals surface area contributed by atoms with Crippen molar-refractivity contribution in [3.05, 3.63) is 83.9 Å². The molecule has 0 unspecified atom stereocenters. The minimum atomic E-state index is -0.421. The normalized spacial score (nSPS) is 10.4. The van der Waals surface area contributed by atoms with E-state index in [2.05, 4.69) is 12.1 Å². The maximum Gasteiger partial charge on any atom is 0.347 e. The third-order valence-electron chi connectivity index (χ3n) is 4.24. The van der Waals surface area contributed by atoms with Crippen LogP contribution in [0.2, 0.25) is 0 Å². The average Bonchev–Trinajstić information content (AvgIpc) is 2.72. The molecule has 0 saturated heterocycles. The van der Waals surface area contributed by atoms with E-state index in [9.17, 15) is 4.79 Å². The number of esters is 1. The number of methoxy groups -OCH3 is 1. The van der Waals surface area contributed by atoms with Crippen molar-refractivity contribution < 1.29 is 14.3 Å². The van der Waals surface area contributed by atoms with Gasteiger partial charge in [0.2, 0.25) is 0 Å². The molecule has 0 heterocycles. The maximum atomic E-state index is 13.1. The summed E-state index contributed by atoms with van der Waals surface area (Å²) in [5.74, 6) is 1.21. The van der Waals surface area contributed by atoms with E-state index >= 15 is 0 Å². The summed E-state index contributed by atoms with van der Waals surface area (Å²) in [6.07, 6.45) is 0. The molecule has 0 aliphatic heterocycles. The quantitative estimate of drug-likeness (QED) is 0.310. The van der Waals surface area contributed by atoms with Gasteiger partial charge in [0, 0.05) is 36.0 Å². The third-order valence-corrected chi connectivity index (χ3v) is 5.27. The highest BCUT2D eigenvalue weighted by Crippen LogP contribution is 2.36. The van der Waals surface area contributed by atoms with Crippen LogP contribution in [0, 0.1) is 0 Å². The molecule has 0 N–H and O–H groups in total. The van der Waals surface area contributed by atoms with Crippen molar-refractivity contribution in [2.75, 3.05) is 26.1 Å². The molecule has 0 fully saturated rings. The lowest BCUT2D eigenvalue weighted by Crippen LogP contribution is -2.18. The summed E-state index contributed by atoms with van der Waals surface area (Å²) in [7, 11) is 5.49. The molecule has 0 aliphatic carbocycles. The van der Waals surface area contributed by atoms with Gasteiger partial charge in [0.05, 0.1) is 7.11 Å². The van der Waals surface area contributed by atoms with E-state index in [1.807, 2.05) is 67.5 Å². The molecule has 0 amide bonds. The predicted octanol–water partition coefficient (Wildman–Crippen LogP) is 5.27. The number of ether oxygens (including phenoxy) is 2. The standard InChI is InChI=1S/C23H23NO3S/c1-24(2)20-14-15-21(26-3)22(23(25)27-17-10-6-4-7-11-17)19(20)16-28-18-12-8-5-9-13-18/h4-15H,16H2,1-3H3. The van der Waals surface area contributed by atoms with Gasteiger partial charge in [-0.2, -0.15) is 0 Å². The van der Waals surface area contributed by atoms with E-state index in [4.69, 9.17) is 9.47 Å². The van der Waals surface area contributed by atoms with E-state index in [0.29, 0.717) is 22.8 Å². The van der Waals surface area contributed by atoms with Crippen molar-refractivity contribution in [1.29, 1.82) is 0 Å². The number of carbonyl (C=O) groups excluding carboxylic acids is 1. The average molecular weight is 394 g/mol. The molecule has 0 aliphatic rings. The molecule has 28 heavy (non-hydrogen) atoms. The summed E-state index contributed by atoms with van der Waals surface area (Å²) in [5.41, 5.74) is 2.31. The zero-order valence-electron chi connectivity index (χ0n) is 16.2. The maximum absolute atomic E-state index is 13.1. The van der Waals surface area contributed by atoms with Crippen molar-refractivity contribution in [3.63, 3.8) is 0 Å². The van der Waals surface area contributed by atoms with Crippen molar-refractivity contribution >= 4 is 23.4 Å². The second-order valence-corrected chi connectivity index (χ2v) is 7.39. The number of rotatable bonds is 7. The lowest BCUT2D eigenvalue weighted by atomic mass is 10.0. The van der Waals surface area contributed by atoms with Gasteiger partial charge in [-0.1, -0.05) is 36.4 Å². The van der Waals surface area contributed by atoms with Crippen LogP contribution in [0.1, 0.15) is 15.9 Å². The van der Waals surface area contributed by atoms with Crippen LogP contribution in [0.5, 0.6) is 11.5 Å². The summed E-state index contributed by atoms with van der Waals surface area (Å²) < 4.78 is 11.1. The molecule has 0 spiro atoms. The fraction of sp³-hybridized carbons (Fsp3) is 0.174. The van der Waals surface area contributed by atoms with Crippen molar-refractivity contribution in [1.82, 2.24) is 0 Å². The first-order valence-corrected chi connectivity index (χ1v) is 9.91. The van der Waals surface area contributed by atoms with Crippen molar-refractivity contribution in [2.45, 2.75) is 10.6 Å². The highest BCUT2D eigenvalue weighted by Gasteiger charge is 2.23. The minimum Gasteiger partial charge on any atom is -0.496 e. The lowest BCUT2D eigenvalue weighted by molar-refractivity contribution is 0.0730. The van der Waals surface area contributed by atoms with Crippen molar-refractivity contribution in [3.8, 4) is 11.5 Å². The Kier molecular flexibility index (Phi) is 6.61. The van der Waals surface area contributed by atoms with Crippen LogP contribution >= 0.6 is 11.8 Å². The van der Waals surface area contributed by atoms with Crippen LogP contribution in [0.25, 0.3) is 0 Å². The first kappa shape index (κ1) is 19.8. The van der Waals surface area contributed by atoms with Gasteiger partial charge in [0.1, 0.15) is 17.1 Å². The van der Waals surface area contributed by atoms with E-state index in [1.165, 1.54) is 0 Å². The van der Waals surface area contributed by atoms with Crippen LogP contribution in [-0.4, -0.2) is 27.2 Å². The van der Waals surface area contributed by atoms with Crippen LogP contribution < -0.4 is 14.4 Å². The monoisotopic (exact) mass is 393 g/mol. The number of thioether (sulfide) groups is 1. The molecular weight excluding hydrogens is 370 g/mol. The number of para-hydroxylation sites is 1. The topological polar surface area (TPSA) is 38.8 Å². The Morgan fingerprint density at radius 3 is 2.18 bits per heavy atom. The Labute approximate surface area is 170 Å². The number of carbonyl (C=O) groups is 1. The molecule has 0 aromatic heterocycles. The molecule has 3 aromatic carbocycles. The molecule has 0 atom stereocenters. The Balaban J connectivity index is 1.99. The van der Waals surface area contributed by atoms with E-state index in [-0.39, 0.29) is 0 Å². The molecule has 5 heteroatoms. The number of benzene rings is 3. The summed E-state index contributed by atoms with van der Waals surface area (Å²) in [4.78, 5) is 16.2. The van der Waals surface area contributed by atoms with Crippen LogP contribution in [-0.2, 0) is 5.75 Å². The third kappa shape index (κ3) is 4.67. The van der Waals surface area contributed by atoms with Gasteiger partial charge in [-0.05, 0) is 36.4 Å². The number of anilines is 1. The van der Waals surface area contributed by atoms with E-state index in [1.54, 1.807) is 31.0 Å². The lowest BCUT2D eigenvalue weighted by Gasteiger charge is -2.21. The number of nitrogens with zero attached hydrogens (tertiary/aromatic N) is 1. The first-order valence-electron chi connectivity index (χ1n) is 8.92. The van der Waals surface area contributed by atoms with Crippen LogP contribution in [0.15, 0.2) is 77.7 Å². The smallest absolute Gasteiger partial charge is 0.347 e. The number of hydrogen-bond acceptors (Lipinski definition) is 5. The molecule has 3 rings (SSSR count). The Hall–Kier alpha value is -2.92. The fourth-order valence-corrected chi connectivity index (χ4v) is 3.85. The highest BCUT2D eigenvalue weighted by atomic mass is 32.2. The Morgan fingerprint density at radius 2 is 1.57 bits per heavy atom. The van der Waals surface area contributed by atoms with E-state index in [0.717, 1.165) is 16.1 Å². The first-order chi connectivity index (χ1) is 13.6. The Morgan fingerprint density at radius 1 is 0.929 bits per heavy atom. The second-order valence-electron chi connectivity index (χ2n) is 6.34. The van der Waals surface area contributed by atoms with Gasteiger partial charge < -0.3 is 14.4 Å². The molecule has 0 bridgehead atoms. The van der Waals surface area contributed by atoms with Crippen LogP contribution in [0.4, 0.5) is 5.69 Å². The summed E-state index contributed by atoms with van der Waals surface area (Å²) in [6, 6.07) is 23.0. The zero-order valence-corrected chi connectivity index (χ0v) is 17.0. The fourth-order valence-electron chi connectivity index (χ4n) is 2.89. The second kappa shape index (κ2) is 9.33. The Bertz CT molecular complexity index is 927. The minimum absolute atomic E-state index is 0.421. The molecule has 0 saturated carbocycles. The van der Waals surface area contributed by atoms with Gasteiger partial charge in [0.15, 0.2) is 0 Å². The van der Waals surface area contributed by atoms with Gasteiger partial charge in [-0.15, -0.1) is 11.8 Å². The van der Waals surface area contributed by atoms with Gasteiger partial charge >= 0.3 is 5.97 Å². The molecular formula is C23H23NO3S.